The van der Waals surface area contributed by atoms with Crippen LogP contribution in [-0.2, 0) is 46.3 Å². The summed E-state index contributed by atoms with van der Waals surface area (Å²) in [5.74, 6) is -1.43. The summed E-state index contributed by atoms with van der Waals surface area (Å²) in [6, 6.07) is 1.24. The zero-order chi connectivity index (χ0) is 51.6. The van der Waals surface area contributed by atoms with Crippen LogP contribution < -0.4 is 11.4 Å². The fourth-order valence-corrected chi connectivity index (χ4v) is 9.42. The first-order valence-electron chi connectivity index (χ1n) is 25.2. The van der Waals surface area contributed by atoms with E-state index in [1.807, 2.05) is 12.2 Å². The maximum absolute atomic E-state index is 12.9. The Labute approximate surface area is 413 Å². The summed E-state index contributed by atoms with van der Waals surface area (Å²) in [4.78, 5) is 61.9. The summed E-state index contributed by atoms with van der Waals surface area (Å²) >= 11 is 0. The second kappa shape index (κ2) is 36.8. The third-order valence-corrected chi connectivity index (χ3v) is 14.0. The fraction of sp³-hybridized carbons (Fsp3) is 0.750. The average Bonchev–Trinajstić information content (AvgIpc) is 3.59. The van der Waals surface area contributed by atoms with Crippen molar-refractivity contribution in [1.82, 2.24) is 9.55 Å². The molecule has 0 saturated carbocycles. The molecule has 0 aliphatic carbocycles. The van der Waals surface area contributed by atoms with Gasteiger partial charge in [-0.2, -0.15) is 9.29 Å². The van der Waals surface area contributed by atoms with Gasteiger partial charge in [-0.25, -0.2) is 13.9 Å². The molecule has 8 N–H and O–H groups in total. The Morgan fingerprint density at radius 3 is 1.93 bits per heavy atom. The molecule has 0 bridgehead atoms. The molecule has 1 saturated heterocycles. The van der Waals surface area contributed by atoms with Crippen molar-refractivity contribution in [2.24, 2.45) is 0 Å². The van der Waals surface area contributed by atoms with E-state index >= 15 is 0 Å². The van der Waals surface area contributed by atoms with Crippen LogP contribution in [0.2, 0.25) is 0 Å². The minimum absolute atomic E-state index is 0.0522. The van der Waals surface area contributed by atoms with Crippen LogP contribution in [0, 0.1) is 0 Å². The van der Waals surface area contributed by atoms with E-state index in [0.717, 1.165) is 94.2 Å². The SMILES string of the molecule is CCCCC/C=C\C/C=C\CCCCCCCC(=O)OC[C@H](COP(=O)(O)OP(=O)(O)OC[C@H]1O[C@@H](n2ccc(N)nc2=O)[C@H](O)[C@@H]1O)OC(=O)CCCCCCC[C@H](O)[C@@H](O)C/C=C\CCCCC. The van der Waals surface area contributed by atoms with Gasteiger partial charge in [0.2, 0.25) is 0 Å². The molecule has 2 heterocycles. The van der Waals surface area contributed by atoms with Crippen LogP contribution in [-0.4, -0.2) is 108 Å². The normalized spacial score (nSPS) is 20.5. The van der Waals surface area contributed by atoms with Gasteiger partial charge in [-0.15, -0.1) is 0 Å². The average molecular weight is 1040 g/mol. The minimum Gasteiger partial charge on any atom is -0.462 e. The second-order valence-electron chi connectivity index (χ2n) is 17.6. The number of aliphatic hydroxyl groups excluding tert-OH is 4. The van der Waals surface area contributed by atoms with Gasteiger partial charge in [0.15, 0.2) is 12.3 Å². The lowest BCUT2D eigenvalue weighted by Crippen LogP contribution is -2.36. The maximum Gasteiger partial charge on any atom is 0.481 e. The molecule has 1 aromatic rings. The smallest absolute Gasteiger partial charge is 0.462 e. The number of phosphoric ester groups is 2. The minimum atomic E-state index is -5.46. The molecule has 2 rings (SSSR count). The quantitative estimate of drug-likeness (QED) is 0.0142. The molecule has 1 fully saturated rings. The highest BCUT2D eigenvalue weighted by Crippen LogP contribution is 2.60. The van der Waals surface area contributed by atoms with Gasteiger partial charge in [-0.1, -0.05) is 121 Å². The van der Waals surface area contributed by atoms with Crippen molar-refractivity contribution in [3.8, 4) is 0 Å². The Kier molecular flexibility index (Phi) is 33.1. The summed E-state index contributed by atoms with van der Waals surface area (Å²) in [5, 5.41) is 41.5. The van der Waals surface area contributed by atoms with Crippen LogP contribution in [0.15, 0.2) is 53.5 Å². The van der Waals surface area contributed by atoms with Crippen molar-refractivity contribution in [3.63, 3.8) is 0 Å². The molecule has 22 heteroatoms. The first-order valence-corrected chi connectivity index (χ1v) is 28.2. The molecule has 20 nitrogen and oxygen atoms in total. The Balaban J connectivity index is 1.85. The number of ether oxygens (including phenoxy) is 3. The molecule has 1 aliphatic rings. The van der Waals surface area contributed by atoms with Crippen molar-refractivity contribution in [3.05, 3.63) is 59.2 Å². The molecule has 0 spiro atoms. The highest BCUT2D eigenvalue weighted by molar-refractivity contribution is 7.61. The van der Waals surface area contributed by atoms with Gasteiger partial charge < -0.3 is 50.2 Å². The number of hydrogen-bond acceptors (Lipinski definition) is 17. The van der Waals surface area contributed by atoms with Gasteiger partial charge in [0.05, 0.1) is 25.4 Å². The number of aromatic nitrogens is 2. The zero-order valence-corrected chi connectivity index (χ0v) is 43.1. The molecule has 0 amide bonds. The van der Waals surface area contributed by atoms with Crippen molar-refractivity contribution >= 4 is 33.4 Å². The van der Waals surface area contributed by atoms with Crippen molar-refractivity contribution in [2.75, 3.05) is 25.6 Å². The molecule has 9 atom stereocenters. The van der Waals surface area contributed by atoms with Crippen LogP contribution in [0.1, 0.15) is 174 Å². The molecule has 2 unspecified atom stereocenters. The zero-order valence-electron chi connectivity index (χ0n) is 41.3. The van der Waals surface area contributed by atoms with E-state index in [2.05, 4.69) is 47.4 Å². The van der Waals surface area contributed by atoms with Gasteiger partial charge in [-0.3, -0.25) is 23.2 Å². The monoisotopic (exact) mass is 1040 g/mol. The Morgan fingerprint density at radius 2 is 1.30 bits per heavy atom. The topological polar surface area (TPSA) is 306 Å². The number of nitrogen functional groups attached to an aromatic ring is 1. The number of nitrogens with two attached hydrogens (primary N) is 1. The lowest BCUT2D eigenvalue weighted by atomic mass is 10.0. The van der Waals surface area contributed by atoms with Gasteiger partial charge in [0, 0.05) is 19.0 Å². The summed E-state index contributed by atoms with van der Waals surface area (Å²) in [7, 11) is -10.9. The third-order valence-electron chi connectivity index (χ3n) is 11.4. The number of esters is 2. The lowest BCUT2D eigenvalue weighted by molar-refractivity contribution is -0.161. The highest BCUT2D eigenvalue weighted by atomic mass is 31.3. The van der Waals surface area contributed by atoms with Gasteiger partial charge in [0.25, 0.3) is 0 Å². The van der Waals surface area contributed by atoms with Gasteiger partial charge in [0.1, 0.15) is 30.7 Å². The number of carbonyl (C=O) groups is 2. The van der Waals surface area contributed by atoms with E-state index in [-0.39, 0.29) is 18.7 Å². The van der Waals surface area contributed by atoms with E-state index in [4.69, 9.17) is 29.0 Å². The lowest BCUT2D eigenvalue weighted by Gasteiger charge is -2.21. The summed E-state index contributed by atoms with van der Waals surface area (Å²) < 4.78 is 56.6. The predicted octanol–water partition coefficient (Wildman–Crippen LogP) is 7.94. The maximum atomic E-state index is 12.9. The predicted molar refractivity (Wildman–Crippen MR) is 264 cm³/mol. The number of hydrogen-bond donors (Lipinski definition) is 7. The van der Waals surface area contributed by atoms with Gasteiger partial charge >= 0.3 is 33.3 Å². The summed E-state index contributed by atoms with van der Waals surface area (Å²) in [6.07, 6.45) is 23.8. The molecule has 1 aliphatic heterocycles. The summed E-state index contributed by atoms with van der Waals surface area (Å²) in [6.45, 7) is 1.90. The Morgan fingerprint density at radius 1 is 0.743 bits per heavy atom. The Hall–Kier alpha value is -3.10. The molecule has 0 aromatic carbocycles. The van der Waals surface area contributed by atoms with Crippen LogP contribution in [0.3, 0.4) is 0 Å². The number of allylic oxidation sites excluding steroid dienone is 5. The summed E-state index contributed by atoms with van der Waals surface area (Å²) in [5.41, 5.74) is 4.57. The largest absolute Gasteiger partial charge is 0.481 e. The number of phosphoric acid groups is 2. The van der Waals surface area contributed by atoms with Crippen molar-refractivity contribution in [1.29, 1.82) is 0 Å². The van der Waals surface area contributed by atoms with E-state index < -0.39 is 95.9 Å². The number of carbonyl (C=O) groups excluding carboxylic acids is 2. The highest BCUT2D eigenvalue weighted by Gasteiger charge is 2.46. The van der Waals surface area contributed by atoms with Crippen LogP contribution in [0.5, 0.6) is 0 Å². The third kappa shape index (κ3) is 28.8. The Bertz CT molecular complexity index is 1850. The molecule has 0 radical (unpaired) electrons. The van der Waals surface area contributed by atoms with Crippen LogP contribution >= 0.6 is 15.6 Å². The number of anilines is 1. The first-order chi connectivity index (χ1) is 33.5. The van der Waals surface area contributed by atoms with Crippen molar-refractivity contribution < 1.29 is 76.5 Å². The van der Waals surface area contributed by atoms with E-state index in [1.165, 1.54) is 25.3 Å². The molecular formula is C48H83N3O17P2. The van der Waals surface area contributed by atoms with Gasteiger partial charge in [-0.05, 0) is 76.7 Å². The first kappa shape index (κ1) is 63.0. The number of unbranched alkanes of at least 4 members (excludes halogenated alkanes) is 15. The molecule has 1 aromatic heterocycles. The van der Waals surface area contributed by atoms with E-state index in [0.29, 0.717) is 38.5 Å². The van der Waals surface area contributed by atoms with E-state index in [9.17, 15) is 53.7 Å². The van der Waals surface area contributed by atoms with E-state index in [1.54, 1.807) is 0 Å². The number of aliphatic hydroxyl groups is 4. The number of nitrogens with zero attached hydrogens (tertiary/aromatic N) is 2. The van der Waals surface area contributed by atoms with Crippen molar-refractivity contribution in [2.45, 2.75) is 211 Å². The molecule has 402 valence electrons. The van der Waals surface area contributed by atoms with Crippen LogP contribution in [0.25, 0.3) is 0 Å². The standard InChI is InChI=1S/C48H83N3O17P2/c1-3-5-7-9-11-12-13-14-15-16-17-18-19-23-27-31-43(54)63-35-38(66-44(55)32-28-24-20-22-26-30-40(53)39(52)29-25-21-10-8-6-4-2)36-64-69(59,60)68-70(61,62)65-37-41-45(56)46(57)47(67-41)51-34-33-42(49)50-48(51)58/h11-12,14-15,21,25,33-34,38-41,45-47,52-53,56-57H,3-10,13,16-20,22-24,26-32,35-37H2,1-2H3,(H,59,60)(H,61,62)(H2,49,50,58)/b12-11-,15-14-,25-21-/t38-,39+,40+,41-,45-,46-,47-/m1/s1. The molecule has 70 heavy (non-hydrogen) atoms. The second-order valence-corrected chi connectivity index (χ2v) is 20.7. The fourth-order valence-electron chi connectivity index (χ4n) is 7.31. The number of rotatable bonds is 41. The molecular weight excluding hydrogens is 952 g/mol. The van der Waals surface area contributed by atoms with Crippen LogP contribution in [0.4, 0.5) is 5.82 Å².